The van der Waals surface area contributed by atoms with Crippen molar-refractivity contribution in [1.82, 2.24) is 0 Å². The molecule has 19 nitrogen and oxygen atoms in total. The minimum absolute atomic E-state index is 0.0265. The van der Waals surface area contributed by atoms with Gasteiger partial charge in [-0.2, -0.15) is 0 Å². The molecule has 0 spiro atoms. The molecule has 8 rings (SSSR count). The van der Waals surface area contributed by atoms with Crippen LogP contribution in [0.1, 0.15) is 120 Å². The van der Waals surface area contributed by atoms with Crippen LogP contribution in [0.5, 0.6) is 0 Å². The van der Waals surface area contributed by atoms with Gasteiger partial charge in [-0.3, -0.25) is 4.79 Å². The number of carboxylic acid groups (broad SMARTS) is 2. The van der Waals surface area contributed by atoms with Crippen molar-refractivity contribution < 1.29 is 94.2 Å². The van der Waals surface area contributed by atoms with Crippen LogP contribution in [0.3, 0.4) is 0 Å². The van der Waals surface area contributed by atoms with Gasteiger partial charge in [0.1, 0.15) is 54.9 Å². The zero-order valence-corrected chi connectivity index (χ0v) is 39.9. The van der Waals surface area contributed by atoms with Crippen molar-refractivity contribution in [2.45, 2.75) is 218 Å². The molecule has 23 atom stereocenters. The van der Waals surface area contributed by atoms with Crippen molar-refractivity contribution in [3.05, 3.63) is 11.6 Å². The van der Waals surface area contributed by atoms with Gasteiger partial charge in [-0.15, -0.1) is 0 Å². The van der Waals surface area contributed by atoms with Gasteiger partial charge in [-0.1, -0.05) is 60.1 Å². The summed E-state index contributed by atoms with van der Waals surface area (Å²) >= 11 is 0. The van der Waals surface area contributed by atoms with Gasteiger partial charge in [0.2, 0.25) is 0 Å². The molecule has 4 saturated carbocycles. The van der Waals surface area contributed by atoms with E-state index in [2.05, 4.69) is 54.5 Å². The van der Waals surface area contributed by atoms with Gasteiger partial charge in [0.25, 0.3) is 0 Å². The van der Waals surface area contributed by atoms with Crippen LogP contribution in [0.15, 0.2) is 11.6 Å². The standard InChI is InChI=1S/C48H76O19/c1-21-28(50)30(52)32(54)39(62-21)64-34-33(55)35(67-48(61)37(56)31(53)29(51)24(20-49)66-48)40(65-36(34)38(57)58)63-27-12-13-44(6)25(43(27,4)5)11-14-46(8)26(44)10-9-22-23-19-42(2,3)15-17-47(23,41(59)60)18-16-45(22,46)7/h9,21,23-37,39-40,49-56,61H,10-20H2,1-8H3,(H,57,58)(H,59,60). The molecule has 23 unspecified atom stereocenters. The first-order valence-electron chi connectivity index (χ1n) is 24.3. The summed E-state index contributed by atoms with van der Waals surface area (Å²) in [4.78, 5) is 26.2. The molecular weight excluding hydrogens is 881 g/mol. The molecule has 382 valence electrons. The number of aliphatic carboxylic acids is 2. The molecule has 0 radical (unpaired) electrons. The Morgan fingerprint density at radius 3 is 2.04 bits per heavy atom. The van der Waals surface area contributed by atoms with E-state index in [0.29, 0.717) is 25.7 Å². The molecule has 3 heterocycles. The third kappa shape index (κ3) is 7.88. The predicted molar refractivity (Wildman–Crippen MR) is 231 cm³/mol. The fourth-order valence-corrected chi connectivity index (χ4v) is 15.1. The van der Waals surface area contributed by atoms with E-state index in [4.69, 9.17) is 28.4 Å². The van der Waals surface area contributed by atoms with Gasteiger partial charge in [0, 0.05) is 0 Å². The van der Waals surface area contributed by atoms with E-state index in [1.165, 1.54) is 12.5 Å². The number of carboxylic acids is 2. The lowest BCUT2D eigenvalue weighted by Crippen LogP contribution is -2.71. The second kappa shape index (κ2) is 17.4. The van der Waals surface area contributed by atoms with Crippen molar-refractivity contribution in [2.24, 2.45) is 50.2 Å². The zero-order chi connectivity index (χ0) is 49.4. The first kappa shape index (κ1) is 51.4. The Bertz CT molecular complexity index is 1910. The smallest absolute Gasteiger partial charge is 0.335 e. The third-order valence-electron chi connectivity index (χ3n) is 19.4. The van der Waals surface area contributed by atoms with Crippen LogP contribution in [-0.2, 0) is 38.0 Å². The zero-order valence-electron chi connectivity index (χ0n) is 39.9. The lowest BCUT2D eigenvalue weighted by atomic mass is 9.33. The summed E-state index contributed by atoms with van der Waals surface area (Å²) < 4.78 is 35.5. The van der Waals surface area contributed by atoms with Gasteiger partial charge in [-0.05, 0) is 116 Å². The van der Waals surface area contributed by atoms with Crippen molar-refractivity contribution in [3.8, 4) is 0 Å². The van der Waals surface area contributed by atoms with Gasteiger partial charge in [0.15, 0.2) is 24.8 Å². The Morgan fingerprint density at radius 2 is 1.40 bits per heavy atom. The maximum atomic E-state index is 13.2. The number of ether oxygens (including phenoxy) is 6. The second-order valence-corrected chi connectivity index (χ2v) is 23.7. The fourth-order valence-electron chi connectivity index (χ4n) is 15.1. The van der Waals surface area contributed by atoms with E-state index in [-0.39, 0.29) is 39.4 Å². The highest BCUT2D eigenvalue weighted by Crippen LogP contribution is 2.76. The second-order valence-electron chi connectivity index (χ2n) is 23.7. The van der Waals surface area contributed by atoms with Gasteiger partial charge in [-0.25, -0.2) is 4.79 Å². The molecule has 0 amide bonds. The molecule has 67 heavy (non-hydrogen) atoms. The van der Waals surface area contributed by atoms with Crippen molar-refractivity contribution in [1.29, 1.82) is 0 Å². The maximum absolute atomic E-state index is 13.2. The molecule has 8 aliphatic rings. The minimum Gasteiger partial charge on any atom is -0.481 e. The summed E-state index contributed by atoms with van der Waals surface area (Å²) in [6.07, 6.45) is -17.4. The number of hydrogen-bond acceptors (Lipinski definition) is 17. The fraction of sp³-hybridized carbons (Fsp3) is 0.917. The highest BCUT2D eigenvalue weighted by atomic mass is 16.9. The van der Waals surface area contributed by atoms with E-state index >= 15 is 0 Å². The van der Waals surface area contributed by atoms with Crippen LogP contribution in [0.25, 0.3) is 0 Å². The Labute approximate surface area is 391 Å². The average Bonchev–Trinajstić information content (AvgIpc) is 3.25. The van der Waals surface area contributed by atoms with Gasteiger partial charge < -0.3 is 84.6 Å². The van der Waals surface area contributed by atoms with Gasteiger partial charge in [0.05, 0.1) is 24.2 Å². The van der Waals surface area contributed by atoms with E-state index in [1.807, 2.05) is 0 Å². The van der Waals surface area contributed by atoms with Gasteiger partial charge >= 0.3 is 17.9 Å². The molecule has 3 saturated heterocycles. The predicted octanol–water partition coefficient (Wildman–Crippen LogP) is 1.15. The Morgan fingerprint density at radius 1 is 0.731 bits per heavy atom. The number of fused-ring (bicyclic) bond motifs is 7. The van der Waals surface area contributed by atoms with Crippen LogP contribution in [0.4, 0.5) is 0 Å². The van der Waals surface area contributed by atoms with E-state index in [1.54, 1.807) is 0 Å². The van der Waals surface area contributed by atoms with Crippen LogP contribution in [-0.4, -0.2) is 173 Å². The summed E-state index contributed by atoms with van der Waals surface area (Å²) in [5.41, 5.74) is -0.692. The lowest BCUT2D eigenvalue weighted by molar-refractivity contribution is -0.481. The van der Waals surface area contributed by atoms with Crippen LogP contribution < -0.4 is 0 Å². The summed E-state index contributed by atoms with van der Waals surface area (Å²) in [7, 11) is 0. The van der Waals surface area contributed by atoms with Crippen molar-refractivity contribution >= 4 is 11.9 Å². The Balaban J connectivity index is 1.10. The number of hydrogen-bond donors (Lipinski definition) is 11. The van der Waals surface area contributed by atoms with Crippen molar-refractivity contribution in [2.75, 3.05) is 6.61 Å². The summed E-state index contributed by atoms with van der Waals surface area (Å²) in [6.45, 7) is 16.2. The summed E-state index contributed by atoms with van der Waals surface area (Å²) in [5.74, 6) is -5.39. The van der Waals surface area contributed by atoms with Crippen LogP contribution in [0, 0.1) is 50.2 Å². The Kier molecular flexibility index (Phi) is 13.4. The molecule has 19 heteroatoms. The summed E-state index contributed by atoms with van der Waals surface area (Å²) in [5, 5.41) is 119. The number of aliphatic hydroxyl groups is 9. The molecule has 5 aliphatic carbocycles. The number of carbonyl (C=O) groups is 2. The highest BCUT2D eigenvalue weighted by Gasteiger charge is 2.70. The molecule has 11 N–H and O–H groups in total. The minimum atomic E-state index is -3.27. The average molecular weight is 957 g/mol. The third-order valence-corrected chi connectivity index (χ3v) is 19.4. The van der Waals surface area contributed by atoms with E-state index < -0.39 is 127 Å². The lowest BCUT2D eigenvalue weighted by Gasteiger charge is -2.71. The van der Waals surface area contributed by atoms with E-state index in [0.717, 1.165) is 38.5 Å². The molecular formula is C48H76O19. The quantitative estimate of drug-likeness (QED) is 0.0877. The van der Waals surface area contributed by atoms with Crippen LogP contribution in [0.2, 0.25) is 0 Å². The number of aliphatic hydroxyl groups excluding tert-OH is 8. The SMILES string of the molecule is CC1OC(OC2C(C(=O)O)OC(OC3CCC4(C)C(CCC5(C)C4CC=C4C6CC(C)(C)CCC6(C(=O)O)CCC45C)C3(C)C)C(OC3(O)OC(CO)C(O)C(O)C3O)C2O)C(O)C(O)C1O. The first-order chi connectivity index (χ1) is 31.0. The van der Waals surface area contributed by atoms with Crippen molar-refractivity contribution in [3.63, 3.8) is 0 Å². The first-order valence-corrected chi connectivity index (χ1v) is 24.3. The molecule has 0 aromatic heterocycles. The number of rotatable bonds is 9. The normalized spacial score (nSPS) is 53.8. The molecule has 0 aromatic rings. The number of allylic oxidation sites excluding steroid dienone is 2. The van der Waals surface area contributed by atoms with Crippen LogP contribution >= 0.6 is 0 Å². The monoisotopic (exact) mass is 956 g/mol. The highest BCUT2D eigenvalue weighted by molar-refractivity contribution is 5.76. The molecule has 0 bridgehead atoms. The summed E-state index contributed by atoms with van der Waals surface area (Å²) in [6, 6.07) is 0. The maximum Gasteiger partial charge on any atom is 0.335 e. The Hall–Kier alpha value is -1.92. The van der Waals surface area contributed by atoms with E-state index in [9.17, 15) is 65.8 Å². The largest absolute Gasteiger partial charge is 0.481 e. The molecule has 0 aromatic carbocycles. The topological polar surface area (TPSA) is 312 Å². The molecule has 7 fully saturated rings. The molecule has 3 aliphatic heterocycles.